The summed E-state index contributed by atoms with van der Waals surface area (Å²) in [5.41, 5.74) is 4.96. The first-order valence-corrected chi connectivity index (χ1v) is 12.9. The van der Waals surface area contributed by atoms with E-state index in [1.54, 1.807) is 23.9 Å². The SMILES string of the molecule is CSCC[C@@H](NC(=O)COc1ccccc1)C(=O)NNC(=O)C12CC3CC(CC(C3)C1)C2. The zero-order chi connectivity index (χ0) is 22.6. The van der Waals surface area contributed by atoms with Crippen LogP contribution in [0, 0.1) is 23.2 Å². The second-order valence-corrected chi connectivity index (χ2v) is 10.6. The van der Waals surface area contributed by atoms with Crippen LogP contribution in [0.3, 0.4) is 0 Å². The molecule has 0 aromatic heterocycles. The van der Waals surface area contributed by atoms with Crippen molar-refractivity contribution in [3.63, 3.8) is 0 Å². The van der Waals surface area contributed by atoms with Crippen LogP contribution >= 0.6 is 11.8 Å². The maximum Gasteiger partial charge on any atom is 0.260 e. The number of hydrogen-bond acceptors (Lipinski definition) is 5. The van der Waals surface area contributed by atoms with Gasteiger partial charge >= 0.3 is 0 Å². The lowest BCUT2D eigenvalue weighted by atomic mass is 9.49. The summed E-state index contributed by atoms with van der Waals surface area (Å²) in [6.45, 7) is -0.174. The van der Waals surface area contributed by atoms with E-state index >= 15 is 0 Å². The lowest BCUT2D eigenvalue weighted by molar-refractivity contribution is -0.149. The lowest BCUT2D eigenvalue weighted by Crippen LogP contribution is -2.59. The van der Waals surface area contributed by atoms with Gasteiger partial charge < -0.3 is 10.1 Å². The topological polar surface area (TPSA) is 96.5 Å². The Bertz CT molecular complexity index is 797. The molecule has 0 spiro atoms. The average Bonchev–Trinajstić information content (AvgIpc) is 2.78. The molecule has 4 fully saturated rings. The Morgan fingerprint density at radius 1 is 1.03 bits per heavy atom. The molecular weight excluding hydrogens is 426 g/mol. The van der Waals surface area contributed by atoms with Crippen molar-refractivity contribution in [3.8, 4) is 5.75 Å². The van der Waals surface area contributed by atoms with Gasteiger partial charge in [0.2, 0.25) is 5.91 Å². The predicted octanol–water partition coefficient (Wildman–Crippen LogP) is 2.67. The summed E-state index contributed by atoms with van der Waals surface area (Å²) >= 11 is 1.60. The fourth-order valence-electron chi connectivity index (χ4n) is 6.13. The minimum absolute atomic E-state index is 0.0627. The highest BCUT2D eigenvalue weighted by Gasteiger charge is 2.54. The molecule has 0 saturated heterocycles. The molecular formula is C24H33N3O4S. The molecule has 5 rings (SSSR count). The van der Waals surface area contributed by atoms with Crippen molar-refractivity contribution in [1.82, 2.24) is 16.2 Å². The third-order valence-electron chi connectivity index (χ3n) is 7.19. The molecule has 0 aliphatic heterocycles. The van der Waals surface area contributed by atoms with Crippen LogP contribution in [0.15, 0.2) is 30.3 Å². The van der Waals surface area contributed by atoms with Crippen molar-refractivity contribution in [3.05, 3.63) is 30.3 Å². The van der Waals surface area contributed by atoms with Crippen molar-refractivity contribution in [2.75, 3.05) is 18.6 Å². The standard InChI is InChI=1S/C24H33N3O4S/c1-32-8-7-20(25-21(28)15-31-19-5-3-2-4-6-19)22(29)26-27-23(30)24-12-16-9-17(13-24)11-18(10-16)14-24/h2-6,16-18,20H,7-15H2,1H3,(H,25,28)(H,26,29)(H,27,30)/t16?,17?,18?,20-,24?/m1/s1. The lowest BCUT2D eigenvalue weighted by Gasteiger charge is -2.55. The minimum atomic E-state index is -0.731. The van der Waals surface area contributed by atoms with Crippen molar-refractivity contribution in [1.29, 1.82) is 0 Å². The van der Waals surface area contributed by atoms with Gasteiger partial charge in [-0.15, -0.1) is 0 Å². The second kappa shape index (κ2) is 10.1. The molecule has 0 unspecified atom stereocenters. The number of ether oxygens (including phenoxy) is 1. The fourth-order valence-corrected chi connectivity index (χ4v) is 6.60. The van der Waals surface area contributed by atoms with Crippen LogP contribution in [0.25, 0.3) is 0 Å². The highest BCUT2D eigenvalue weighted by atomic mass is 32.2. The normalized spacial score (nSPS) is 28.6. The Labute approximate surface area is 193 Å². The van der Waals surface area contributed by atoms with Crippen molar-refractivity contribution >= 4 is 29.5 Å². The van der Waals surface area contributed by atoms with Crippen molar-refractivity contribution < 1.29 is 19.1 Å². The van der Waals surface area contributed by atoms with E-state index < -0.39 is 11.9 Å². The summed E-state index contributed by atoms with van der Waals surface area (Å²) in [6.07, 6.45) is 8.99. The Balaban J connectivity index is 1.28. The predicted molar refractivity (Wildman–Crippen MR) is 124 cm³/mol. The molecule has 0 radical (unpaired) electrons. The molecule has 4 saturated carbocycles. The molecule has 4 aliphatic carbocycles. The van der Waals surface area contributed by atoms with E-state index in [2.05, 4.69) is 16.2 Å². The van der Waals surface area contributed by atoms with Crippen LogP contribution in [0.1, 0.15) is 44.9 Å². The molecule has 32 heavy (non-hydrogen) atoms. The van der Waals surface area contributed by atoms with E-state index in [0.29, 0.717) is 35.7 Å². The molecule has 1 atom stereocenters. The van der Waals surface area contributed by atoms with Crippen molar-refractivity contribution in [2.24, 2.45) is 23.2 Å². The molecule has 1 aromatic carbocycles. The number of amides is 3. The van der Waals surface area contributed by atoms with E-state index in [1.807, 2.05) is 24.5 Å². The summed E-state index contributed by atoms with van der Waals surface area (Å²) in [5.74, 6) is 2.43. The highest BCUT2D eigenvalue weighted by Crippen LogP contribution is 2.60. The molecule has 0 heterocycles. The summed E-state index contributed by atoms with van der Waals surface area (Å²) in [6, 6.07) is 8.33. The molecule has 8 heteroatoms. The first-order chi connectivity index (χ1) is 15.5. The van der Waals surface area contributed by atoms with Crippen LogP contribution < -0.4 is 20.9 Å². The van der Waals surface area contributed by atoms with E-state index in [4.69, 9.17) is 4.74 Å². The quantitative estimate of drug-likeness (QED) is 0.494. The van der Waals surface area contributed by atoms with E-state index in [9.17, 15) is 14.4 Å². The number of hydrazine groups is 1. The third-order valence-corrected chi connectivity index (χ3v) is 7.84. The fraction of sp³-hybridized carbons (Fsp3) is 0.625. The monoisotopic (exact) mass is 459 g/mol. The molecule has 1 aromatic rings. The summed E-state index contributed by atoms with van der Waals surface area (Å²) in [5, 5.41) is 2.74. The van der Waals surface area contributed by atoms with Gasteiger partial charge in [0, 0.05) is 0 Å². The van der Waals surface area contributed by atoms with Crippen molar-refractivity contribution in [2.45, 2.75) is 51.0 Å². The molecule has 174 valence electrons. The number of carbonyl (C=O) groups is 3. The number of hydrogen-bond donors (Lipinski definition) is 3. The Hall–Kier alpha value is -2.22. The van der Waals surface area contributed by atoms with Crippen LogP contribution in [-0.2, 0) is 14.4 Å². The van der Waals surface area contributed by atoms with Gasteiger partial charge in [-0.2, -0.15) is 11.8 Å². The van der Waals surface area contributed by atoms with Gasteiger partial charge in [-0.3, -0.25) is 25.2 Å². The number of benzene rings is 1. The van der Waals surface area contributed by atoms with Gasteiger partial charge in [0.25, 0.3) is 11.8 Å². The van der Waals surface area contributed by atoms with E-state index in [1.165, 1.54) is 19.3 Å². The van der Waals surface area contributed by atoms with Gasteiger partial charge in [0.15, 0.2) is 6.61 Å². The average molecular weight is 460 g/mol. The third kappa shape index (κ3) is 5.39. The number of carbonyl (C=O) groups excluding carboxylic acids is 3. The van der Waals surface area contributed by atoms with Crippen LogP contribution in [0.5, 0.6) is 5.75 Å². The highest BCUT2D eigenvalue weighted by molar-refractivity contribution is 7.98. The molecule has 3 N–H and O–H groups in total. The Morgan fingerprint density at radius 3 is 2.25 bits per heavy atom. The summed E-state index contributed by atoms with van der Waals surface area (Å²) in [7, 11) is 0. The zero-order valence-electron chi connectivity index (χ0n) is 18.6. The van der Waals surface area contributed by atoms with Crippen LogP contribution in [0.4, 0.5) is 0 Å². The van der Waals surface area contributed by atoms with Gasteiger partial charge in [-0.1, -0.05) is 18.2 Å². The van der Waals surface area contributed by atoms with E-state index in [-0.39, 0.29) is 23.8 Å². The van der Waals surface area contributed by atoms with Gasteiger partial charge in [0.05, 0.1) is 5.41 Å². The van der Waals surface area contributed by atoms with Crippen LogP contribution in [0.2, 0.25) is 0 Å². The second-order valence-electron chi connectivity index (χ2n) is 9.64. The smallest absolute Gasteiger partial charge is 0.260 e. The van der Waals surface area contributed by atoms with Gasteiger partial charge in [0.1, 0.15) is 11.8 Å². The molecule has 3 amide bonds. The number of nitrogens with one attached hydrogen (secondary N) is 3. The minimum Gasteiger partial charge on any atom is -0.484 e. The molecule has 4 bridgehead atoms. The molecule has 4 aliphatic rings. The summed E-state index contributed by atoms with van der Waals surface area (Å²) < 4.78 is 5.47. The largest absolute Gasteiger partial charge is 0.484 e. The maximum absolute atomic E-state index is 13.1. The number of thioether (sulfide) groups is 1. The molecule has 7 nitrogen and oxygen atoms in total. The Morgan fingerprint density at radius 2 is 1.66 bits per heavy atom. The number of rotatable bonds is 9. The van der Waals surface area contributed by atoms with Crippen LogP contribution in [-0.4, -0.2) is 42.4 Å². The first kappa shape index (κ1) is 23.0. The first-order valence-electron chi connectivity index (χ1n) is 11.5. The van der Waals surface area contributed by atoms with Gasteiger partial charge in [-0.05, 0) is 86.8 Å². The van der Waals surface area contributed by atoms with E-state index in [0.717, 1.165) is 19.3 Å². The Kier molecular flexibility index (Phi) is 7.28. The van der Waals surface area contributed by atoms with Gasteiger partial charge in [-0.25, -0.2) is 0 Å². The zero-order valence-corrected chi connectivity index (χ0v) is 19.4. The summed E-state index contributed by atoms with van der Waals surface area (Å²) in [4.78, 5) is 38.2. The maximum atomic E-state index is 13.1. The number of para-hydroxylation sites is 1.